The van der Waals surface area contributed by atoms with Crippen LogP contribution in [-0.2, 0) is 6.42 Å². The van der Waals surface area contributed by atoms with E-state index in [2.05, 4.69) is 17.0 Å². The number of urea groups is 1. The van der Waals surface area contributed by atoms with E-state index >= 15 is 0 Å². The summed E-state index contributed by atoms with van der Waals surface area (Å²) in [6.07, 6.45) is 2.74. The summed E-state index contributed by atoms with van der Waals surface area (Å²) in [7, 11) is 0. The monoisotopic (exact) mass is 515 g/mol. The molecule has 0 spiro atoms. The molecule has 0 aliphatic carbocycles. The zero-order valence-electron chi connectivity index (χ0n) is 18.1. The molecule has 0 atom stereocenters. The summed E-state index contributed by atoms with van der Waals surface area (Å²) in [6, 6.07) is 9.44. The van der Waals surface area contributed by atoms with Gasteiger partial charge in [-0.2, -0.15) is 27.1 Å². The van der Waals surface area contributed by atoms with E-state index in [1.54, 1.807) is 23.9 Å². The van der Waals surface area contributed by atoms with Gasteiger partial charge in [0.2, 0.25) is 0 Å². The molecule has 0 unspecified atom stereocenters. The largest absolute Gasteiger partial charge is 0.454 e. The van der Waals surface area contributed by atoms with Gasteiger partial charge in [0.25, 0.3) is 5.91 Å². The van der Waals surface area contributed by atoms with Crippen LogP contribution in [0.15, 0.2) is 47.7 Å². The van der Waals surface area contributed by atoms with E-state index in [-0.39, 0.29) is 38.8 Å². The fourth-order valence-corrected chi connectivity index (χ4v) is 4.54. The van der Waals surface area contributed by atoms with E-state index in [0.717, 1.165) is 29.3 Å². The van der Waals surface area contributed by atoms with Gasteiger partial charge in [0.15, 0.2) is 11.5 Å². The Kier molecular flexibility index (Phi) is 7.03. The van der Waals surface area contributed by atoms with E-state index < -0.39 is 6.03 Å². The summed E-state index contributed by atoms with van der Waals surface area (Å²) >= 11 is 14.6. The zero-order chi connectivity index (χ0) is 24.4. The molecule has 0 bridgehead atoms. The average Bonchev–Trinajstić information content (AvgIpc) is 2.81. The lowest BCUT2D eigenvalue weighted by molar-refractivity contribution is 0.0750. The Morgan fingerprint density at radius 3 is 2.68 bits per heavy atom. The molecule has 174 valence electrons. The minimum absolute atomic E-state index is 0.0158. The van der Waals surface area contributed by atoms with Gasteiger partial charge in [-0.3, -0.25) is 4.79 Å². The first-order valence-corrected chi connectivity index (χ1v) is 12.3. The van der Waals surface area contributed by atoms with Gasteiger partial charge in [0.05, 0.1) is 21.4 Å². The molecule has 4 rings (SSSR count). The van der Waals surface area contributed by atoms with Gasteiger partial charge in [-0.25, -0.2) is 4.79 Å². The maximum Gasteiger partial charge on any atom is 0.347 e. The number of anilines is 1. The molecule has 0 fully saturated rings. The average molecular weight is 516 g/mol. The van der Waals surface area contributed by atoms with Crippen molar-refractivity contribution in [2.24, 2.45) is 5.10 Å². The van der Waals surface area contributed by atoms with Crippen molar-refractivity contribution in [3.63, 3.8) is 0 Å². The number of nitriles is 1. The molecular formula is C23H19Cl2N5O3S. The third kappa shape index (κ3) is 4.71. The number of hydrazone groups is 1. The molecule has 2 aliphatic heterocycles. The Morgan fingerprint density at radius 2 is 2.00 bits per heavy atom. The number of hydrogen-bond acceptors (Lipinski definition) is 6. The van der Waals surface area contributed by atoms with Crippen LogP contribution in [0.5, 0.6) is 11.5 Å². The van der Waals surface area contributed by atoms with Gasteiger partial charge >= 0.3 is 6.03 Å². The molecule has 1 N–H and O–H groups in total. The van der Waals surface area contributed by atoms with Crippen molar-refractivity contribution in [3.8, 4) is 17.6 Å². The summed E-state index contributed by atoms with van der Waals surface area (Å²) in [4.78, 5) is 26.9. The second kappa shape index (κ2) is 9.97. The third-order valence-corrected chi connectivity index (χ3v) is 6.45. The van der Waals surface area contributed by atoms with Gasteiger partial charge in [-0.1, -0.05) is 29.8 Å². The summed E-state index contributed by atoms with van der Waals surface area (Å²) < 4.78 is 5.95. The van der Waals surface area contributed by atoms with Gasteiger partial charge in [0, 0.05) is 24.4 Å². The number of ether oxygens (including phenoxy) is 1. The van der Waals surface area contributed by atoms with Gasteiger partial charge < -0.3 is 15.0 Å². The van der Waals surface area contributed by atoms with E-state index in [1.165, 1.54) is 12.1 Å². The van der Waals surface area contributed by atoms with Gasteiger partial charge in [0.1, 0.15) is 11.8 Å². The molecule has 8 nitrogen and oxygen atoms in total. The van der Waals surface area contributed by atoms with Crippen molar-refractivity contribution in [2.75, 3.05) is 30.1 Å². The number of fused-ring (bicyclic) bond motifs is 1. The molecule has 2 aromatic rings. The van der Waals surface area contributed by atoms with Crippen LogP contribution in [0.2, 0.25) is 10.0 Å². The quantitative estimate of drug-likeness (QED) is 0.578. The predicted molar refractivity (Wildman–Crippen MR) is 134 cm³/mol. The third-order valence-electron chi connectivity index (χ3n) is 5.30. The molecule has 2 heterocycles. The highest BCUT2D eigenvalue weighted by atomic mass is 35.5. The molecule has 0 saturated heterocycles. The van der Waals surface area contributed by atoms with Crippen molar-refractivity contribution in [2.45, 2.75) is 6.42 Å². The standard InChI is InChI=1S/C23H19Cl2N5O3S/c1-13-20(12-26)28-30(23(32)27-13)15-10-18(24)21(19(25)11-15)33-16-3-4-17-14(9-16)5-6-29(22(17)31)7-8-34-2/h3-4,9-11H,1,5-8H2,2H3,(H,27,32). The number of benzene rings is 2. The van der Waals surface area contributed by atoms with Crippen LogP contribution in [0, 0.1) is 11.3 Å². The minimum atomic E-state index is -0.601. The van der Waals surface area contributed by atoms with Crippen molar-refractivity contribution in [1.82, 2.24) is 10.2 Å². The predicted octanol–water partition coefficient (Wildman–Crippen LogP) is 5.07. The lowest BCUT2D eigenvalue weighted by atomic mass is 9.99. The van der Waals surface area contributed by atoms with Crippen LogP contribution in [0.4, 0.5) is 10.5 Å². The van der Waals surface area contributed by atoms with Crippen molar-refractivity contribution in [3.05, 3.63) is 63.8 Å². The maximum atomic E-state index is 12.7. The molecule has 2 aliphatic rings. The smallest absolute Gasteiger partial charge is 0.347 e. The molecule has 3 amide bonds. The summed E-state index contributed by atoms with van der Waals surface area (Å²) in [5, 5.41) is 16.9. The Morgan fingerprint density at radius 1 is 1.26 bits per heavy atom. The fraction of sp³-hybridized carbons (Fsp3) is 0.217. The molecular weight excluding hydrogens is 497 g/mol. The number of thioether (sulfide) groups is 1. The SMILES string of the molecule is C=C1NC(=O)N(c2cc(Cl)c(Oc3ccc4c(c3)CCN(CCSC)C4=O)c(Cl)c2)N=C1C#N. The first-order valence-electron chi connectivity index (χ1n) is 10.2. The lowest BCUT2D eigenvalue weighted by Crippen LogP contribution is -2.42. The molecule has 11 heteroatoms. The van der Waals surface area contributed by atoms with Crippen molar-refractivity contribution >= 4 is 58.3 Å². The second-order valence-electron chi connectivity index (χ2n) is 7.48. The van der Waals surface area contributed by atoms with Gasteiger partial charge in [-0.05, 0) is 48.6 Å². The van der Waals surface area contributed by atoms with Crippen LogP contribution in [0.3, 0.4) is 0 Å². The number of allylic oxidation sites excluding steroid dienone is 1. The molecule has 2 aromatic carbocycles. The summed E-state index contributed by atoms with van der Waals surface area (Å²) in [6.45, 7) is 4.96. The van der Waals surface area contributed by atoms with Crippen LogP contribution < -0.4 is 15.1 Å². The first-order chi connectivity index (χ1) is 16.3. The highest BCUT2D eigenvalue weighted by Gasteiger charge is 2.27. The van der Waals surface area contributed by atoms with Crippen LogP contribution in [0.1, 0.15) is 15.9 Å². The number of halogens is 2. The normalized spacial score (nSPS) is 15.5. The Bertz CT molecular complexity index is 1250. The summed E-state index contributed by atoms with van der Waals surface area (Å²) in [5.74, 6) is 1.59. The number of rotatable bonds is 6. The highest BCUT2D eigenvalue weighted by molar-refractivity contribution is 7.98. The lowest BCUT2D eigenvalue weighted by Gasteiger charge is -2.28. The van der Waals surface area contributed by atoms with E-state index in [1.807, 2.05) is 23.3 Å². The Hall–Kier alpha value is -3.19. The Balaban J connectivity index is 1.57. The topological polar surface area (TPSA) is 98.0 Å². The molecule has 0 radical (unpaired) electrons. The number of nitrogens with zero attached hydrogens (tertiary/aromatic N) is 4. The minimum Gasteiger partial charge on any atom is -0.454 e. The first kappa shape index (κ1) is 24.0. The van der Waals surface area contributed by atoms with Crippen LogP contribution in [0.25, 0.3) is 0 Å². The van der Waals surface area contributed by atoms with Crippen LogP contribution >= 0.6 is 35.0 Å². The van der Waals surface area contributed by atoms with E-state index in [4.69, 9.17) is 33.2 Å². The van der Waals surface area contributed by atoms with E-state index in [9.17, 15) is 9.59 Å². The highest BCUT2D eigenvalue weighted by Crippen LogP contribution is 2.40. The number of nitrogens with one attached hydrogen (secondary N) is 1. The maximum absolute atomic E-state index is 12.7. The Labute approximate surface area is 210 Å². The number of amides is 3. The zero-order valence-corrected chi connectivity index (χ0v) is 20.4. The van der Waals surface area contributed by atoms with Crippen molar-refractivity contribution in [1.29, 1.82) is 5.26 Å². The van der Waals surface area contributed by atoms with Crippen LogP contribution in [-0.4, -0.2) is 47.6 Å². The number of hydrogen-bond donors (Lipinski definition) is 1. The summed E-state index contributed by atoms with van der Waals surface area (Å²) in [5.41, 5.74) is 1.88. The molecule has 0 saturated carbocycles. The molecule has 0 aromatic heterocycles. The fourth-order valence-electron chi connectivity index (χ4n) is 3.59. The van der Waals surface area contributed by atoms with E-state index in [0.29, 0.717) is 17.9 Å². The number of carbonyl (C=O) groups is 2. The van der Waals surface area contributed by atoms with Gasteiger partial charge in [-0.15, -0.1) is 0 Å². The molecule has 34 heavy (non-hydrogen) atoms. The van der Waals surface area contributed by atoms with Crippen molar-refractivity contribution < 1.29 is 14.3 Å². The second-order valence-corrected chi connectivity index (χ2v) is 9.28. The number of carbonyl (C=O) groups excluding carboxylic acids is 2.